The average Bonchev–Trinajstić information content (AvgIpc) is 3.02. The third-order valence-corrected chi connectivity index (χ3v) is 7.81. The summed E-state index contributed by atoms with van der Waals surface area (Å²) in [6.07, 6.45) is 1.38. The van der Waals surface area contributed by atoms with Crippen LogP contribution in [0, 0.1) is 25.6 Å². The largest absolute Gasteiger partial charge is 0.497 e. The number of ether oxygens (including phenoxy) is 4. The van der Waals surface area contributed by atoms with Crippen molar-refractivity contribution in [3.05, 3.63) is 77.6 Å². The fourth-order valence-electron chi connectivity index (χ4n) is 5.28. The van der Waals surface area contributed by atoms with Gasteiger partial charge in [-0.15, -0.1) is 0 Å². The van der Waals surface area contributed by atoms with Crippen LogP contribution in [0.5, 0.6) is 23.1 Å². The van der Waals surface area contributed by atoms with Crippen molar-refractivity contribution < 1.29 is 28.1 Å². The molecular formula is C34H38FN5O5. The van der Waals surface area contributed by atoms with Crippen molar-refractivity contribution >= 4 is 23.4 Å². The SMILES string of the molecule is COc1ccc(OC)c(NC(=O)Oc2cc(-c3cccc(C)c3C)nc(Nc3ccc(OCC4CCCN(C)C4)c(F)c3)n2)c1. The molecule has 3 aromatic carbocycles. The van der Waals surface area contributed by atoms with Gasteiger partial charge in [-0.25, -0.2) is 14.2 Å². The van der Waals surface area contributed by atoms with Crippen molar-refractivity contribution in [2.75, 3.05) is 51.6 Å². The minimum atomic E-state index is -0.796. The normalized spacial score (nSPS) is 14.8. The zero-order valence-electron chi connectivity index (χ0n) is 26.1. The van der Waals surface area contributed by atoms with Crippen LogP contribution in [0.4, 0.5) is 26.5 Å². The van der Waals surface area contributed by atoms with E-state index in [1.165, 1.54) is 20.3 Å². The van der Waals surface area contributed by atoms with Crippen molar-refractivity contribution in [1.29, 1.82) is 0 Å². The molecule has 1 fully saturated rings. The first-order chi connectivity index (χ1) is 21.7. The Kier molecular flexibility index (Phi) is 9.99. The quantitative estimate of drug-likeness (QED) is 0.195. The van der Waals surface area contributed by atoms with Gasteiger partial charge in [0.25, 0.3) is 0 Å². The Morgan fingerprint density at radius 2 is 1.84 bits per heavy atom. The zero-order valence-corrected chi connectivity index (χ0v) is 26.1. The lowest BCUT2D eigenvalue weighted by Gasteiger charge is -2.29. The Labute approximate surface area is 262 Å². The third-order valence-electron chi connectivity index (χ3n) is 7.81. The van der Waals surface area contributed by atoms with Crippen LogP contribution in [0.25, 0.3) is 11.3 Å². The number of hydrogen-bond donors (Lipinski definition) is 2. The summed E-state index contributed by atoms with van der Waals surface area (Å²) >= 11 is 0. The molecule has 0 saturated carbocycles. The van der Waals surface area contributed by atoms with E-state index in [2.05, 4.69) is 32.5 Å². The Balaban J connectivity index is 1.37. The van der Waals surface area contributed by atoms with Crippen LogP contribution in [-0.2, 0) is 0 Å². The lowest BCUT2D eigenvalue weighted by Crippen LogP contribution is -2.34. The van der Waals surface area contributed by atoms with E-state index in [1.54, 1.807) is 36.4 Å². The number of carbonyl (C=O) groups excluding carboxylic acids is 1. The van der Waals surface area contributed by atoms with E-state index in [4.69, 9.17) is 18.9 Å². The van der Waals surface area contributed by atoms with Gasteiger partial charge in [0.2, 0.25) is 11.8 Å². The number of carbonyl (C=O) groups is 1. The molecule has 1 aliphatic heterocycles. The van der Waals surface area contributed by atoms with Gasteiger partial charge < -0.3 is 29.2 Å². The second kappa shape index (κ2) is 14.3. The molecule has 10 nitrogen and oxygen atoms in total. The maximum absolute atomic E-state index is 15.1. The van der Waals surface area contributed by atoms with Gasteiger partial charge in [0.1, 0.15) is 11.5 Å². The molecule has 4 aromatic rings. The number of anilines is 3. The molecule has 1 saturated heterocycles. The van der Waals surface area contributed by atoms with Crippen molar-refractivity contribution in [2.45, 2.75) is 26.7 Å². The molecule has 0 bridgehead atoms. The van der Waals surface area contributed by atoms with Crippen LogP contribution in [0.15, 0.2) is 60.7 Å². The van der Waals surface area contributed by atoms with E-state index in [9.17, 15) is 4.79 Å². The van der Waals surface area contributed by atoms with Crippen LogP contribution < -0.4 is 29.6 Å². The fraction of sp³-hybridized carbons (Fsp3) is 0.324. The van der Waals surface area contributed by atoms with Gasteiger partial charge in [-0.1, -0.05) is 18.2 Å². The number of benzene rings is 3. The number of aromatic nitrogens is 2. The summed E-state index contributed by atoms with van der Waals surface area (Å²) < 4.78 is 37.1. The maximum atomic E-state index is 15.1. The molecule has 1 unspecified atom stereocenters. The summed E-state index contributed by atoms with van der Waals surface area (Å²) in [5.41, 5.74) is 4.21. The highest BCUT2D eigenvalue weighted by molar-refractivity contribution is 5.88. The van der Waals surface area contributed by atoms with Gasteiger partial charge in [0.05, 0.1) is 32.2 Å². The van der Waals surface area contributed by atoms with Crippen molar-refractivity contribution in [3.63, 3.8) is 0 Å². The average molecular weight is 616 g/mol. The molecule has 2 heterocycles. The van der Waals surface area contributed by atoms with Crippen molar-refractivity contribution in [2.24, 2.45) is 5.92 Å². The zero-order chi connectivity index (χ0) is 31.9. The van der Waals surface area contributed by atoms with E-state index >= 15 is 4.39 Å². The summed E-state index contributed by atoms with van der Waals surface area (Å²) in [5.74, 6) is 1.11. The topological polar surface area (TPSA) is 107 Å². The van der Waals surface area contributed by atoms with Gasteiger partial charge in [0, 0.05) is 41.9 Å². The molecule has 11 heteroatoms. The minimum Gasteiger partial charge on any atom is -0.497 e. The van der Waals surface area contributed by atoms with Crippen LogP contribution in [0.2, 0.25) is 0 Å². The van der Waals surface area contributed by atoms with Crippen LogP contribution in [-0.4, -0.2) is 61.9 Å². The Hall–Kier alpha value is -4.90. The van der Waals surface area contributed by atoms with Gasteiger partial charge in [-0.05, 0) is 75.7 Å². The molecule has 0 spiro atoms. The van der Waals surface area contributed by atoms with Gasteiger partial charge in [-0.3, -0.25) is 5.32 Å². The van der Waals surface area contributed by atoms with Crippen LogP contribution >= 0.6 is 0 Å². The predicted octanol–water partition coefficient (Wildman–Crippen LogP) is 6.99. The number of halogens is 1. The van der Waals surface area contributed by atoms with Crippen molar-refractivity contribution in [3.8, 4) is 34.4 Å². The number of nitrogens with zero attached hydrogens (tertiary/aromatic N) is 3. The first kappa shape index (κ1) is 31.5. The second-order valence-electron chi connectivity index (χ2n) is 11.1. The van der Waals surface area contributed by atoms with E-state index in [0.717, 1.165) is 42.6 Å². The smallest absolute Gasteiger partial charge is 0.418 e. The molecule has 1 aromatic heterocycles. The predicted molar refractivity (Wildman–Crippen MR) is 172 cm³/mol. The highest BCUT2D eigenvalue weighted by atomic mass is 19.1. The lowest BCUT2D eigenvalue weighted by molar-refractivity contribution is 0.147. The molecule has 1 amide bonds. The number of likely N-dealkylation sites (tertiary alicyclic amines) is 1. The molecule has 1 aliphatic rings. The molecule has 236 valence electrons. The summed E-state index contributed by atoms with van der Waals surface area (Å²) in [6.45, 7) is 6.46. The number of amides is 1. The van der Waals surface area contributed by atoms with Crippen LogP contribution in [0.1, 0.15) is 24.0 Å². The van der Waals surface area contributed by atoms with Gasteiger partial charge in [-0.2, -0.15) is 4.98 Å². The highest BCUT2D eigenvalue weighted by Gasteiger charge is 2.19. The lowest BCUT2D eigenvalue weighted by atomic mass is 10.00. The summed E-state index contributed by atoms with van der Waals surface area (Å²) in [7, 11) is 5.11. The maximum Gasteiger partial charge on any atom is 0.418 e. The van der Waals surface area contributed by atoms with E-state index in [-0.39, 0.29) is 17.6 Å². The number of hydrogen-bond acceptors (Lipinski definition) is 9. The third kappa shape index (κ3) is 7.98. The molecule has 5 rings (SSSR count). The van der Waals surface area contributed by atoms with Gasteiger partial charge in [0.15, 0.2) is 11.6 Å². The van der Waals surface area contributed by atoms with E-state index in [1.807, 2.05) is 32.0 Å². The minimum absolute atomic E-state index is 0.0133. The Bertz CT molecular complexity index is 1670. The molecular weight excluding hydrogens is 577 g/mol. The summed E-state index contributed by atoms with van der Waals surface area (Å²) in [4.78, 5) is 24.3. The first-order valence-corrected chi connectivity index (χ1v) is 14.8. The fourth-order valence-corrected chi connectivity index (χ4v) is 5.28. The number of rotatable bonds is 10. The van der Waals surface area contributed by atoms with E-state index < -0.39 is 11.9 Å². The molecule has 1 atom stereocenters. The standard InChI is InChI=1S/C34H38FN5O5/c1-21-8-6-10-26(22(21)2)28-18-32(45-34(41)38-29-17-25(42-4)12-14-31(29)43-5)39-33(37-28)36-24-11-13-30(27(35)16-24)44-20-23-9-7-15-40(3)19-23/h6,8,10-14,16-18,23H,7,9,15,19-20H2,1-5H3,(H,38,41)(H,36,37,39). The number of methoxy groups -OCH3 is 2. The monoisotopic (exact) mass is 615 g/mol. The number of piperidine rings is 1. The van der Waals surface area contributed by atoms with Gasteiger partial charge >= 0.3 is 6.09 Å². The molecule has 0 aliphatic carbocycles. The first-order valence-electron chi connectivity index (χ1n) is 14.8. The molecule has 2 N–H and O–H groups in total. The molecule has 45 heavy (non-hydrogen) atoms. The van der Waals surface area contributed by atoms with Crippen LogP contribution in [0.3, 0.4) is 0 Å². The molecule has 0 radical (unpaired) electrons. The van der Waals surface area contributed by atoms with E-state index in [0.29, 0.717) is 41.1 Å². The Morgan fingerprint density at radius 1 is 1.02 bits per heavy atom. The highest BCUT2D eigenvalue weighted by Crippen LogP contribution is 2.31. The summed E-state index contributed by atoms with van der Waals surface area (Å²) in [5, 5.41) is 5.72. The second-order valence-corrected chi connectivity index (χ2v) is 11.1. The van der Waals surface area contributed by atoms with Crippen molar-refractivity contribution in [1.82, 2.24) is 14.9 Å². The Morgan fingerprint density at radius 3 is 2.60 bits per heavy atom. The summed E-state index contributed by atoms with van der Waals surface area (Å²) in [6, 6.07) is 17.1. The number of aryl methyl sites for hydroxylation is 1. The number of nitrogens with one attached hydrogen (secondary N) is 2.